The van der Waals surface area contributed by atoms with Gasteiger partial charge in [-0.25, -0.2) is 0 Å². The van der Waals surface area contributed by atoms with Gasteiger partial charge in [0.2, 0.25) is 0 Å². The van der Waals surface area contributed by atoms with Crippen LogP contribution in [0.1, 0.15) is 58.3 Å². The van der Waals surface area contributed by atoms with Gasteiger partial charge in [-0.1, -0.05) is 74.4 Å². The van der Waals surface area contributed by atoms with Crippen molar-refractivity contribution >= 4 is 39.2 Å². The average Bonchev–Trinajstić information content (AvgIpc) is 2.14. The van der Waals surface area contributed by atoms with Gasteiger partial charge in [-0.05, 0) is 18.2 Å². The Labute approximate surface area is 109 Å². The smallest absolute Gasteiger partial charge is 0.181 e. The number of hydrogen-bond donors (Lipinski definition) is 1. The van der Waals surface area contributed by atoms with Gasteiger partial charge in [0.25, 0.3) is 0 Å². The highest BCUT2D eigenvalue weighted by molar-refractivity contribution is 8.38. The zero-order valence-corrected chi connectivity index (χ0v) is 12.7. The van der Waals surface area contributed by atoms with Gasteiger partial charge in [0.05, 0.1) is 0 Å². The Kier molecular flexibility index (Phi) is 11.2. The number of hydrogen-bond acceptors (Lipinski definition) is 1. The van der Waals surface area contributed by atoms with Crippen LogP contribution in [-0.4, -0.2) is 6.54 Å². The second kappa shape index (κ2) is 10.4. The highest BCUT2D eigenvalue weighted by Gasteiger charge is 2.04. The zero-order chi connectivity index (χ0) is 11.6. The molecule has 0 unspecified atom stereocenters. The molecule has 0 spiro atoms. The Morgan fingerprint density at radius 2 is 1.40 bits per heavy atom. The lowest BCUT2D eigenvalue weighted by Crippen LogP contribution is -2.05. The maximum atomic E-state index is 5.71. The van der Waals surface area contributed by atoms with Crippen molar-refractivity contribution < 1.29 is 0 Å². The third kappa shape index (κ3) is 15.2. The summed E-state index contributed by atoms with van der Waals surface area (Å²) in [5.74, 6) is 0. The number of nitrogens with one attached hydrogen (secondary N) is 1. The maximum absolute atomic E-state index is 5.71. The third-order valence-corrected chi connectivity index (χ3v) is 4.02. The fraction of sp³-hybridized carbons (Fsp3) is 1.00. The lowest BCUT2D eigenvalue weighted by Gasteiger charge is -2.07. The number of halogens is 2. The van der Waals surface area contributed by atoms with E-state index in [-0.39, 0.29) is 0 Å². The second-order valence-electron chi connectivity index (χ2n) is 3.85. The van der Waals surface area contributed by atoms with Gasteiger partial charge in [0.15, 0.2) is 4.89 Å². The molecule has 0 aromatic rings. The molecule has 0 saturated heterocycles. The molecule has 1 nitrogen and oxygen atoms in total. The molecule has 0 aliphatic carbocycles. The van der Waals surface area contributed by atoms with E-state index in [1.807, 2.05) is 0 Å². The lowest BCUT2D eigenvalue weighted by atomic mass is 10.1. The highest BCUT2D eigenvalue weighted by Crippen LogP contribution is 2.52. The lowest BCUT2D eigenvalue weighted by molar-refractivity contribution is 0.575. The summed E-state index contributed by atoms with van der Waals surface area (Å²) >= 11 is 16.3. The van der Waals surface area contributed by atoms with Crippen molar-refractivity contribution in [3.63, 3.8) is 0 Å². The van der Waals surface area contributed by atoms with Gasteiger partial charge in [-0.15, -0.1) is 0 Å². The fourth-order valence-electron chi connectivity index (χ4n) is 1.47. The number of unbranched alkanes of at least 4 members (excludes halogenated alkanes) is 7. The van der Waals surface area contributed by atoms with Crippen LogP contribution in [0, 0.1) is 0 Å². The Balaban J connectivity index is 3.02. The van der Waals surface area contributed by atoms with E-state index < -0.39 is 4.89 Å². The summed E-state index contributed by atoms with van der Waals surface area (Å²) in [5, 5.41) is 2.99. The minimum Gasteiger partial charge on any atom is -0.265 e. The van der Waals surface area contributed by atoms with Crippen molar-refractivity contribution in [1.29, 1.82) is 0 Å². The molecule has 0 radical (unpaired) electrons. The van der Waals surface area contributed by atoms with Crippen molar-refractivity contribution in [2.75, 3.05) is 6.54 Å². The molecule has 0 bridgehead atoms. The van der Waals surface area contributed by atoms with Crippen molar-refractivity contribution in [2.45, 2.75) is 58.3 Å². The highest BCUT2D eigenvalue weighted by atomic mass is 35.9. The van der Waals surface area contributed by atoms with E-state index in [2.05, 4.69) is 12.0 Å². The van der Waals surface area contributed by atoms with E-state index in [1.54, 1.807) is 0 Å². The molecule has 0 fully saturated rings. The van der Waals surface area contributed by atoms with E-state index in [0.717, 1.165) is 13.0 Å². The van der Waals surface area contributed by atoms with E-state index >= 15 is 0 Å². The molecule has 1 N–H and O–H groups in total. The molecule has 0 aliphatic rings. The summed E-state index contributed by atoms with van der Waals surface area (Å²) in [7, 11) is 0. The zero-order valence-electron chi connectivity index (χ0n) is 9.48. The topological polar surface area (TPSA) is 12.0 Å². The van der Waals surface area contributed by atoms with Crippen LogP contribution >= 0.6 is 27.4 Å². The average molecular weight is 290 g/mol. The van der Waals surface area contributed by atoms with Crippen molar-refractivity contribution in [3.05, 3.63) is 0 Å². The van der Waals surface area contributed by atoms with Gasteiger partial charge in [0, 0.05) is 6.54 Å². The summed E-state index contributed by atoms with van der Waals surface area (Å²) in [5.41, 5.74) is 0. The first kappa shape index (κ1) is 16.2. The molecule has 0 heterocycles. The van der Waals surface area contributed by atoms with Crippen LogP contribution in [0.5, 0.6) is 0 Å². The Morgan fingerprint density at radius 1 is 0.933 bits per heavy atom. The molecule has 0 amide bonds. The van der Waals surface area contributed by atoms with Crippen LogP contribution in [0.3, 0.4) is 0 Å². The molecule has 0 saturated carbocycles. The van der Waals surface area contributed by atoms with Gasteiger partial charge in [-0.2, -0.15) is 0 Å². The Hall–Kier alpha value is 1.19. The monoisotopic (exact) mass is 289 g/mol. The predicted molar refractivity (Wildman–Crippen MR) is 76.6 cm³/mol. The summed E-state index contributed by atoms with van der Waals surface area (Å²) < 4.78 is 0. The van der Waals surface area contributed by atoms with E-state index in [4.69, 9.17) is 34.3 Å². The first-order valence-electron chi connectivity index (χ1n) is 5.80. The molecule has 5 heteroatoms. The van der Waals surface area contributed by atoms with Crippen LogP contribution in [0.15, 0.2) is 0 Å². The third-order valence-electron chi connectivity index (χ3n) is 2.33. The molecule has 92 valence electrons. The fourth-order valence-corrected chi connectivity index (χ4v) is 2.67. The summed E-state index contributed by atoms with van der Waals surface area (Å²) in [4.78, 5) is -2.21. The van der Waals surface area contributed by atoms with Gasteiger partial charge in [-0.3, -0.25) is 5.09 Å². The first-order chi connectivity index (χ1) is 7.06. The SMILES string of the molecule is CCCCCCCCCCNP(=S)(Cl)Cl. The van der Waals surface area contributed by atoms with E-state index in [0.29, 0.717) is 0 Å². The normalized spacial score (nSPS) is 11.9. The summed E-state index contributed by atoms with van der Waals surface area (Å²) in [6.45, 7) is 3.10. The van der Waals surface area contributed by atoms with E-state index in [1.165, 1.54) is 44.9 Å². The molecule has 0 aromatic carbocycles. The van der Waals surface area contributed by atoms with Gasteiger partial charge in [0.1, 0.15) is 0 Å². The standard InChI is InChI=1S/C10H22Cl2NPS/c1-2-3-4-5-6-7-8-9-10-13-14(11,12)15/h2-10H2,1H3,(H,13,15). The molecule has 15 heavy (non-hydrogen) atoms. The van der Waals surface area contributed by atoms with Crippen molar-refractivity contribution in [3.8, 4) is 0 Å². The van der Waals surface area contributed by atoms with Crippen LogP contribution in [0.25, 0.3) is 0 Å². The van der Waals surface area contributed by atoms with Crippen LogP contribution in [-0.2, 0) is 11.8 Å². The molecule has 0 aromatic heterocycles. The van der Waals surface area contributed by atoms with Crippen LogP contribution in [0.2, 0.25) is 0 Å². The summed E-state index contributed by atoms with van der Waals surface area (Å²) in [6.07, 6.45) is 10.5. The van der Waals surface area contributed by atoms with Crippen molar-refractivity contribution in [1.82, 2.24) is 5.09 Å². The molecule has 0 atom stereocenters. The second-order valence-corrected chi connectivity index (χ2v) is 11.5. The molecular weight excluding hydrogens is 268 g/mol. The largest absolute Gasteiger partial charge is 0.265 e. The van der Waals surface area contributed by atoms with Crippen LogP contribution in [0.4, 0.5) is 0 Å². The minimum atomic E-state index is -2.21. The quantitative estimate of drug-likeness (QED) is 0.426. The summed E-state index contributed by atoms with van der Waals surface area (Å²) in [6, 6.07) is 0. The van der Waals surface area contributed by atoms with Gasteiger partial charge < -0.3 is 0 Å². The first-order valence-corrected chi connectivity index (χ1v) is 10.4. The molecule has 0 aliphatic heterocycles. The predicted octanol–water partition coefficient (Wildman–Crippen LogP) is 5.42. The number of rotatable bonds is 10. The Morgan fingerprint density at radius 3 is 1.87 bits per heavy atom. The molecular formula is C10H22Cl2NPS. The maximum Gasteiger partial charge on any atom is 0.181 e. The van der Waals surface area contributed by atoms with Crippen LogP contribution < -0.4 is 5.09 Å². The van der Waals surface area contributed by atoms with Crippen molar-refractivity contribution in [2.24, 2.45) is 0 Å². The van der Waals surface area contributed by atoms with E-state index in [9.17, 15) is 0 Å². The minimum absolute atomic E-state index is 0.860. The molecule has 0 rings (SSSR count). The Bertz CT molecular complexity index is 184. The van der Waals surface area contributed by atoms with Gasteiger partial charge >= 0.3 is 0 Å².